The minimum Gasteiger partial charge on any atom is -0.308 e. The fraction of sp³-hybridized carbons (Fsp3) is 0.250. The van der Waals surface area contributed by atoms with Gasteiger partial charge in [-0.3, -0.25) is 9.36 Å². The maximum Gasteiger partial charge on any atom is 0.265 e. The number of nitrogens with zero attached hydrogens (tertiary/aromatic N) is 5. The first-order valence-electron chi connectivity index (χ1n) is 10.5. The van der Waals surface area contributed by atoms with Gasteiger partial charge in [0.05, 0.1) is 17.6 Å². The van der Waals surface area contributed by atoms with Crippen molar-refractivity contribution in [3.63, 3.8) is 0 Å². The number of para-hydroxylation sites is 2. The summed E-state index contributed by atoms with van der Waals surface area (Å²) < 4.78 is 3.64. The molecule has 0 bridgehead atoms. The number of hydrogen-bond acceptors (Lipinski definition) is 4. The van der Waals surface area contributed by atoms with E-state index in [9.17, 15) is 4.79 Å². The van der Waals surface area contributed by atoms with Crippen molar-refractivity contribution in [3.05, 3.63) is 75.8 Å². The monoisotopic (exact) mass is 431 g/mol. The van der Waals surface area contributed by atoms with Crippen molar-refractivity contribution >= 4 is 44.8 Å². The van der Waals surface area contributed by atoms with Crippen molar-refractivity contribution in [2.75, 3.05) is 0 Å². The molecule has 0 aliphatic carbocycles. The molecule has 7 heteroatoms. The van der Waals surface area contributed by atoms with Crippen molar-refractivity contribution in [2.24, 2.45) is 0 Å². The molecule has 2 aromatic carbocycles. The largest absolute Gasteiger partial charge is 0.308 e. The number of hydrogen-bond donors (Lipinski definition) is 0. The van der Waals surface area contributed by atoms with Crippen molar-refractivity contribution in [1.29, 1.82) is 0 Å². The second-order valence-corrected chi connectivity index (χ2v) is 8.12. The first-order chi connectivity index (χ1) is 15.2. The van der Waals surface area contributed by atoms with Gasteiger partial charge >= 0.3 is 0 Å². The van der Waals surface area contributed by atoms with Crippen LogP contribution >= 0.6 is 11.6 Å². The Morgan fingerprint density at radius 2 is 1.68 bits per heavy atom. The zero-order valence-electron chi connectivity index (χ0n) is 17.3. The molecule has 0 fully saturated rings. The molecule has 5 rings (SSSR count). The molecule has 0 N–H and O–H groups in total. The summed E-state index contributed by atoms with van der Waals surface area (Å²) in [7, 11) is 0. The van der Waals surface area contributed by atoms with Crippen LogP contribution in [0.2, 0.25) is 5.02 Å². The van der Waals surface area contributed by atoms with Crippen LogP contribution in [-0.2, 0) is 13.1 Å². The summed E-state index contributed by atoms with van der Waals surface area (Å²) >= 11 is 6.32. The van der Waals surface area contributed by atoms with Crippen LogP contribution in [0.4, 0.5) is 0 Å². The molecule has 156 valence electrons. The van der Waals surface area contributed by atoms with Crippen LogP contribution in [-0.4, -0.2) is 24.1 Å². The fourth-order valence-corrected chi connectivity index (χ4v) is 4.19. The number of aryl methyl sites for hydroxylation is 1. The molecule has 3 heterocycles. The van der Waals surface area contributed by atoms with Gasteiger partial charge in [0, 0.05) is 11.6 Å². The van der Waals surface area contributed by atoms with Gasteiger partial charge in [0.15, 0.2) is 11.3 Å². The quantitative estimate of drug-likeness (QED) is 0.347. The van der Waals surface area contributed by atoms with E-state index >= 15 is 0 Å². The number of halogens is 1. The lowest BCUT2D eigenvalue weighted by Crippen LogP contribution is -2.21. The third-order valence-corrected chi connectivity index (χ3v) is 5.97. The molecule has 0 aliphatic rings. The lowest BCUT2D eigenvalue weighted by atomic mass is 10.2. The molecular formula is C24H22ClN5O. The maximum absolute atomic E-state index is 13.5. The molecule has 0 saturated heterocycles. The summed E-state index contributed by atoms with van der Waals surface area (Å²) in [6, 6.07) is 15.3. The van der Waals surface area contributed by atoms with Gasteiger partial charge < -0.3 is 4.57 Å². The molecule has 0 aliphatic heterocycles. The molecule has 0 unspecified atom stereocenters. The Morgan fingerprint density at radius 3 is 2.45 bits per heavy atom. The molecular weight excluding hydrogens is 410 g/mol. The minimum absolute atomic E-state index is 0.131. The molecule has 0 atom stereocenters. The van der Waals surface area contributed by atoms with Crippen LogP contribution in [0.3, 0.4) is 0 Å². The Kier molecular flexibility index (Phi) is 5.16. The van der Waals surface area contributed by atoms with Gasteiger partial charge in [-0.05, 0) is 30.2 Å². The smallest absolute Gasteiger partial charge is 0.265 e. The van der Waals surface area contributed by atoms with Gasteiger partial charge in [-0.1, -0.05) is 61.7 Å². The maximum atomic E-state index is 13.5. The summed E-state index contributed by atoms with van der Waals surface area (Å²) in [4.78, 5) is 27.9. The SMILES string of the molecule is CCCCCn1c2nc3ccccc3nc2c2c(=O)n(Cc3ccccc3Cl)cnc21. The van der Waals surface area contributed by atoms with Gasteiger partial charge in [-0.15, -0.1) is 0 Å². The average molecular weight is 432 g/mol. The van der Waals surface area contributed by atoms with Gasteiger partial charge in [0.1, 0.15) is 17.2 Å². The van der Waals surface area contributed by atoms with E-state index in [2.05, 4.69) is 11.9 Å². The van der Waals surface area contributed by atoms with Crippen molar-refractivity contribution in [1.82, 2.24) is 24.1 Å². The molecule has 5 aromatic rings. The van der Waals surface area contributed by atoms with E-state index in [0.717, 1.165) is 42.4 Å². The third kappa shape index (κ3) is 3.47. The Balaban J connectivity index is 1.75. The molecule has 31 heavy (non-hydrogen) atoms. The first kappa shape index (κ1) is 19.7. The van der Waals surface area contributed by atoms with E-state index < -0.39 is 0 Å². The van der Waals surface area contributed by atoms with E-state index in [4.69, 9.17) is 21.6 Å². The topological polar surface area (TPSA) is 65.6 Å². The molecule has 0 radical (unpaired) electrons. The van der Waals surface area contributed by atoms with Crippen LogP contribution in [0, 0.1) is 0 Å². The zero-order chi connectivity index (χ0) is 21.4. The van der Waals surface area contributed by atoms with E-state index in [1.165, 1.54) is 0 Å². The molecule has 0 spiro atoms. The van der Waals surface area contributed by atoms with Gasteiger partial charge in [-0.2, -0.15) is 0 Å². The predicted octanol–water partition coefficient (Wildman–Crippen LogP) is 5.19. The fourth-order valence-electron chi connectivity index (χ4n) is 3.99. The minimum atomic E-state index is -0.131. The standard InChI is InChI=1S/C24H22ClN5O/c1-2-3-8-13-30-22-20(21-23(30)28-19-12-7-6-11-18(19)27-21)24(31)29(15-26-22)14-16-9-4-5-10-17(16)25/h4-7,9-12,15H,2-3,8,13-14H2,1H3. The molecule has 6 nitrogen and oxygen atoms in total. The van der Waals surface area contributed by atoms with Crippen LogP contribution in [0.5, 0.6) is 0 Å². The third-order valence-electron chi connectivity index (χ3n) is 5.60. The summed E-state index contributed by atoms with van der Waals surface area (Å²) in [6.45, 7) is 3.28. The van der Waals surface area contributed by atoms with Crippen LogP contribution in [0.1, 0.15) is 31.7 Å². The van der Waals surface area contributed by atoms with Crippen LogP contribution in [0.25, 0.3) is 33.2 Å². The number of aromatic nitrogens is 5. The lowest BCUT2D eigenvalue weighted by Gasteiger charge is -2.08. The van der Waals surface area contributed by atoms with Crippen LogP contribution in [0.15, 0.2) is 59.7 Å². The predicted molar refractivity (Wildman–Crippen MR) is 125 cm³/mol. The highest BCUT2D eigenvalue weighted by atomic mass is 35.5. The van der Waals surface area contributed by atoms with Crippen molar-refractivity contribution in [3.8, 4) is 0 Å². The molecule has 0 amide bonds. The van der Waals surface area contributed by atoms with Crippen molar-refractivity contribution in [2.45, 2.75) is 39.3 Å². The Hall–Kier alpha value is -3.25. The summed E-state index contributed by atoms with van der Waals surface area (Å²) in [5.41, 5.74) is 4.28. The zero-order valence-corrected chi connectivity index (χ0v) is 18.0. The average Bonchev–Trinajstić information content (AvgIpc) is 3.09. The molecule has 3 aromatic heterocycles. The van der Waals surface area contributed by atoms with Gasteiger partial charge in [-0.25, -0.2) is 15.0 Å². The van der Waals surface area contributed by atoms with E-state index in [1.54, 1.807) is 10.9 Å². The highest BCUT2D eigenvalue weighted by molar-refractivity contribution is 6.31. The second kappa shape index (κ2) is 8.12. The van der Waals surface area contributed by atoms with Gasteiger partial charge in [0.2, 0.25) is 0 Å². The summed E-state index contributed by atoms with van der Waals surface area (Å²) in [5, 5.41) is 1.14. The van der Waals surface area contributed by atoms with Gasteiger partial charge in [0.25, 0.3) is 5.56 Å². The highest BCUT2D eigenvalue weighted by Crippen LogP contribution is 2.26. The number of fused-ring (bicyclic) bond motifs is 4. The summed E-state index contributed by atoms with van der Waals surface area (Å²) in [6.07, 6.45) is 4.81. The Morgan fingerprint density at radius 1 is 0.935 bits per heavy atom. The summed E-state index contributed by atoms with van der Waals surface area (Å²) in [5.74, 6) is 0. The van der Waals surface area contributed by atoms with Crippen LogP contribution < -0.4 is 5.56 Å². The lowest BCUT2D eigenvalue weighted by molar-refractivity contribution is 0.620. The highest BCUT2D eigenvalue weighted by Gasteiger charge is 2.19. The Bertz CT molecular complexity index is 1470. The second-order valence-electron chi connectivity index (χ2n) is 7.71. The first-order valence-corrected chi connectivity index (χ1v) is 10.9. The van der Waals surface area contributed by atoms with E-state index in [0.29, 0.717) is 33.8 Å². The Labute approximate surface area is 184 Å². The number of benzene rings is 2. The van der Waals surface area contributed by atoms with E-state index in [-0.39, 0.29) is 5.56 Å². The normalized spacial score (nSPS) is 11.7. The number of rotatable bonds is 6. The van der Waals surface area contributed by atoms with Crippen molar-refractivity contribution < 1.29 is 0 Å². The molecule has 0 saturated carbocycles. The van der Waals surface area contributed by atoms with E-state index in [1.807, 2.05) is 53.1 Å². The number of unbranched alkanes of at least 4 members (excludes halogenated alkanes) is 2.